The van der Waals surface area contributed by atoms with Gasteiger partial charge in [-0.2, -0.15) is 0 Å². The maximum atomic E-state index is 13.3. The minimum Gasteiger partial charge on any atom is -0.489 e. The Morgan fingerprint density at radius 1 is 1.05 bits per heavy atom. The highest BCUT2D eigenvalue weighted by Crippen LogP contribution is 2.18. The SMILES string of the molecule is Cc1ccc(OCc2ccc(F)c(CN)c2)cc1C. The van der Waals surface area contributed by atoms with E-state index in [4.69, 9.17) is 10.5 Å². The number of ether oxygens (including phenoxy) is 1. The zero-order valence-corrected chi connectivity index (χ0v) is 11.2. The molecule has 2 aromatic carbocycles. The van der Waals surface area contributed by atoms with Crippen LogP contribution in [-0.2, 0) is 13.2 Å². The van der Waals surface area contributed by atoms with Crippen molar-refractivity contribution in [3.63, 3.8) is 0 Å². The molecule has 0 radical (unpaired) electrons. The van der Waals surface area contributed by atoms with Gasteiger partial charge in [0.05, 0.1) is 0 Å². The van der Waals surface area contributed by atoms with Gasteiger partial charge >= 0.3 is 0 Å². The molecule has 100 valence electrons. The molecule has 0 saturated heterocycles. The maximum absolute atomic E-state index is 13.3. The number of rotatable bonds is 4. The Hall–Kier alpha value is -1.87. The monoisotopic (exact) mass is 259 g/mol. The van der Waals surface area contributed by atoms with Crippen LogP contribution in [0.25, 0.3) is 0 Å². The topological polar surface area (TPSA) is 35.2 Å². The van der Waals surface area contributed by atoms with Crippen LogP contribution in [0.3, 0.4) is 0 Å². The number of hydrogen-bond donors (Lipinski definition) is 1. The van der Waals surface area contributed by atoms with Crippen molar-refractivity contribution in [1.82, 2.24) is 0 Å². The Kier molecular flexibility index (Phi) is 4.17. The number of benzene rings is 2. The molecular formula is C16H18FNO. The molecule has 0 aliphatic carbocycles. The van der Waals surface area contributed by atoms with Crippen molar-refractivity contribution in [3.05, 3.63) is 64.5 Å². The van der Waals surface area contributed by atoms with Crippen LogP contribution < -0.4 is 10.5 Å². The summed E-state index contributed by atoms with van der Waals surface area (Å²) in [6.07, 6.45) is 0. The van der Waals surface area contributed by atoms with E-state index in [0.717, 1.165) is 11.3 Å². The lowest BCUT2D eigenvalue weighted by Gasteiger charge is -2.09. The molecule has 2 aromatic rings. The van der Waals surface area contributed by atoms with Crippen LogP contribution >= 0.6 is 0 Å². The van der Waals surface area contributed by atoms with E-state index in [-0.39, 0.29) is 12.4 Å². The third-order valence-electron chi connectivity index (χ3n) is 3.21. The lowest BCUT2D eigenvalue weighted by Crippen LogP contribution is -2.03. The first kappa shape index (κ1) is 13.6. The second kappa shape index (κ2) is 5.85. The average Bonchev–Trinajstić information content (AvgIpc) is 2.41. The van der Waals surface area contributed by atoms with Crippen molar-refractivity contribution in [2.45, 2.75) is 27.0 Å². The summed E-state index contributed by atoms with van der Waals surface area (Å²) in [5.74, 6) is 0.555. The summed E-state index contributed by atoms with van der Waals surface area (Å²) < 4.78 is 19.0. The number of halogens is 1. The predicted molar refractivity (Wildman–Crippen MR) is 74.5 cm³/mol. The van der Waals surface area contributed by atoms with Gasteiger partial charge in [-0.3, -0.25) is 0 Å². The van der Waals surface area contributed by atoms with Crippen molar-refractivity contribution in [2.75, 3.05) is 0 Å². The normalized spacial score (nSPS) is 10.5. The molecule has 0 amide bonds. The van der Waals surface area contributed by atoms with Crippen LogP contribution in [0.1, 0.15) is 22.3 Å². The Bertz CT molecular complexity index is 581. The third-order valence-corrected chi connectivity index (χ3v) is 3.21. The van der Waals surface area contributed by atoms with Crippen molar-refractivity contribution in [3.8, 4) is 5.75 Å². The van der Waals surface area contributed by atoms with Gasteiger partial charge in [0, 0.05) is 12.1 Å². The fourth-order valence-corrected chi connectivity index (χ4v) is 1.84. The molecule has 19 heavy (non-hydrogen) atoms. The summed E-state index contributed by atoms with van der Waals surface area (Å²) in [5.41, 5.74) is 9.34. The van der Waals surface area contributed by atoms with Crippen LogP contribution in [0, 0.1) is 19.7 Å². The fourth-order valence-electron chi connectivity index (χ4n) is 1.84. The van der Waals surface area contributed by atoms with Gasteiger partial charge in [-0.25, -0.2) is 4.39 Å². The predicted octanol–water partition coefficient (Wildman–Crippen LogP) is 3.48. The zero-order valence-electron chi connectivity index (χ0n) is 11.2. The first-order valence-corrected chi connectivity index (χ1v) is 6.27. The minimum absolute atomic E-state index is 0.198. The molecule has 2 nitrogen and oxygen atoms in total. The van der Waals surface area contributed by atoms with Crippen molar-refractivity contribution < 1.29 is 9.13 Å². The van der Waals surface area contributed by atoms with Gasteiger partial charge in [-0.15, -0.1) is 0 Å². The van der Waals surface area contributed by atoms with Gasteiger partial charge in [-0.1, -0.05) is 12.1 Å². The van der Waals surface area contributed by atoms with Gasteiger partial charge in [0.2, 0.25) is 0 Å². The zero-order chi connectivity index (χ0) is 13.8. The van der Waals surface area contributed by atoms with Gasteiger partial charge in [0.15, 0.2) is 0 Å². The quantitative estimate of drug-likeness (QED) is 0.912. The lowest BCUT2D eigenvalue weighted by atomic mass is 10.1. The highest BCUT2D eigenvalue weighted by Gasteiger charge is 2.03. The van der Waals surface area contributed by atoms with Crippen LogP contribution in [0.5, 0.6) is 5.75 Å². The van der Waals surface area contributed by atoms with E-state index >= 15 is 0 Å². The maximum Gasteiger partial charge on any atom is 0.127 e. The van der Waals surface area contributed by atoms with Gasteiger partial charge in [-0.05, 0) is 54.8 Å². The standard InChI is InChI=1S/C16H18FNO/c1-11-3-5-15(7-12(11)2)19-10-13-4-6-16(17)14(8-13)9-18/h3-8H,9-10,18H2,1-2H3. The molecule has 0 atom stereocenters. The molecule has 0 aromatic heterocycles. The van der Waals surface area contributed by atoms with E-state index in [9.17, 15) is 4.39 Å². The average molecular weight is 259 g/mol. The van der Waals surface area contributed by atoms with Crippen LogP contribution in [0.2, 0.25) is 0 Å². The third kappa shape index (κ3) is 3.32. The smallest absolute Gasteiger partial charge is 0.127 e. The van der Waals surface area contributed by atoms with E-state index in [0.29, 0.717) is 12.2 Å². The van der Waals surface area contributed by atoms with E-state index < -0.39 is 0 Å². The number of nitrogens with two attached hydrogens (primary N) is 1. The van der Waals surface area contributed by atoms with Crippen LogP contribution in [0.4, 0.5) is 4.39 Å². The van der Waals surface area contributed by atoms with Crippen LogP contribution in [-0.4, -0.2) is 0 Å². The van der Waals surface area contributed by atoms with E-state index in [1.807, 2.05) is 25.1 Å². The largest absolute Gasteiger partial charge is 0.489 e. The molecular weight excluding hydrogens is 241 g/mol. The van der Waals surface area contributed by atoms with Crippen molar-refractivity contribution >= 4 is 0 Å². The molecule has 0 bridgehead atoms. The molecule has 0 saturated carbocycles. The molecule has 0 aliphatic rings. The van der Waals surface area contributed by atoms with Gasteiger partial charge in [0.1, 0.15) is 18.2 Å². The highest BCUT2D eigenvalue weighted by atomic mass is 19.1. The molecule has 2 N–H and O–H groups in total. The first-order chi connectivity index (χ1) is 9.10. The van der Waals surface area contributed by atoms with Gasteiger partial charge in [0.25, 0.3) is 0 Å². The second-order valence-electron chi connectivity index (χ2n) is 4.66. The summed E-state index contributed by atoms with van der Waals surface area (Å²) in [7, 11) is 0. The Labute approximate surface area is 113 Å². The number of hydrogen-bond acceptors (Lipinski definition) is 2. The summed E-state index contributed by atoms with van der Waals surface area (Å²) in [6, 6.07) is 10.9. The second-order valence-corrected chi connectivity index (χ2v) is 4.66. The number of aryl methyl sites for hydroxylation is 2. The molecule has 0 heterocycles. The summed E-state index contributed by atoms with van der Waals surface area (Å²) in [4.78, 5) is 0. The fraction of sp³-hybridized carbons (Fsp3) is 0.250. The summed E-state index contributed by atoms with van der Waals surface area (Å²) >= 11 is 0. The molecule has 0 spiro atoms. The van der Waals surface area contributed by atoms with E-state index in [1.165, 1.54) is 17.2 Å². The first-order valence-electron chi connectivity index (χ1n) is 6.27. The Morgan fingerprint density at radius 3 is 2.53 bits per heavy atom. The molecule has 0 fully saturated rings. The van der Waals surface area contributed by atoms with E-state index in [2.05, 4.69) is 6.92 Å². The molecule has 2 rings (SSSR count). The van der Waals surface area contributed by atoms with Crippen LogP contribution in [0.15, 0.2) is 36.4 Å². The van der Waals surface area contributed by atoms with Gasteiger partial charge < -0.3 is 10.5 Å². The highest BCUT2D eigenvalue weighted by molar-refractivity contribution is 5.34. The molecule has 0 aliphatic heterocycles. The van der Waals surface area contributed by atoms with Crippen molar-refractivity contribution in [1.29, 1.82) is 0 Å². The summed E-state index contributed by atoms with van der Waals surface area (Å²) in [5, 5.41) is 0. The Morgan fingerprint density at radius 2 is 1.84 bits per heavy atom. The molecule has 0 unspecified atom stereocenters. The summed E-state index contributed by atoms with van der Waals surface area (Å²) in [6.45, 7) is 4.72. The molecule has 3 heteroatoms. The Balaban J connectivity index is 2.07. The lowest BCUT2D eigenvalue weighted by molar-refractivity contribution is 0.305. The van der Waals surface area contributed by atoms with E-state index in [1.54, 1.807) is 12.1 Å². The minimum atomic E-state index is -0.266. The van der Waals surface area contributed by atoms with Crippen molar-refractivity contribution in [2.24, 2.45) is 5.73 Å².